The number of carboxylic acids is 1. The van der Waals surface area contributed by atoms with Crippen LogP contribution in [0.5, 0.6) is 0 Å². The van der Waals surface area contributed by atoms with Crippen molar-refractivity contribution in [1.29, 1.82) is 0 Å². The summed E-state index contributed by atoms with van der Waals surface area (Å²) in [6, 6.07) is 20.0. The Bertz CT molecular complexity index is 1540. The third kappa shape index (κ3) is 5.78. The van der Waals surface area contributed by atoms with Crippen LogP contribution in [0.2, 0.25) is 0 Å². The first-order valence-electron chi connectivity index (χ1n) is 13.0. The first kappa shape index (κ1) is 26.8. The lowest BCUT2D eigenvalue weighted by Gasteiger charge is -2.19. The van der Waals surface area contributed by atoms with Gasteiger partial charge in [-0.1, -0.05) is 48.5 Å². The van der Waals surface area contributed by atoms with Crippen LogP contribution in [0.3, 0.4) is 0 Å². The standard InChI is InChI=1S/C31H31N3O6/c1-31(2,3)40-30(38)33-19-12-13-26-24(15-19)18(16-32-26)14-27(28(35)36)34-29(37)39-17-25-22-10-6-4-8-20(22)21-9-5-7-11-23(21)25/h4-13,15-16,25,27,32H,14,17H2,1-3H3,(H,33,38)(H,34,37)(H,35,36)/t27-/m0/s1. The molecule has 1 heterocycles. The van der Waals surface area contributed by atoms with E-state index >= 15 is 0 Å². The molecule has 1 aliphatic rings. The molecule has 40 heavy (non-hydrogen) atoms. The number of carboxylic acid groups (broad SMARTS) is 1. The number of aromatic nitrogens is 1. The highest BCUT2D eigenvalue weighted by molar-refractivity contribution is 5.92. The van der Waals surface area contributed by atoms with Gasteiger partial charge in [-0.2, -0.15) is 0 Å². The predicted molar refractivity (Wildman–Crippen MR) is 151 cm³/mol. The Morgan fingerprint density at radius 3 is 2.23 bits per heavy atom. The van der Waals surface area contributed by atoms with Gasteiger partial charge in [0, 0.05) is 35.1 Å². The number of alkyl carbamates (subject to hydrolysis) is 1. The lowest BCUT2D eigenvalue weighted by atomic mass is 9.98. The average molecular weight is 542 g/mol. The summed E-state index contributed by atoms with van der Waals surface area (Å²) < 4.78 is 10.9. The zero-order chi connectivity index (χ0) is 28.4. The van der Waals surface area contributed by atoms with Crippen LogP contribution in [0.4, 0.5) is 15.3 Å². The first-order chi connectivity index (χ1) is 19.1. The van der Waals surface area contributed by atoms with E-state index in [-0.39, 0.29) is 18.9 Å². The Hall–Kier alpha value is -4.79. The molecule has 206 valence electrons. The van der Waals surface area contributed by atoms with Crippen molar-refractivity contribution in [1.82, 2.24) is 10.3 Å². The van der Waals surface area contributed by atoms with Crippen molar-refractivity contribution in [3.05, 3.63) is 89.6 Å². The average Bonchev–Trinajstić information content (AvgIpc) is 3.44. The molecule has 0 saturated carbocycles. The second-order valence-electron chi connectivity index (χ2n) is 10.8. The Kier molecular flexibility index (Phi) is 7.21. The number of nitrogens with one attached hydrogen (secondary N) is 3. The molecule has 1 atom stereocenters. The molecule has 9 heteroatoms. The number of hydrogen-bond donors (Lipinski definition) is 4. The van der Waals surface area contributed by atoms with Crippen molar-refractivity contribution in [2.45, 2.75) is 44.8 Å². The number of rotatable bonds is 7. The van der Waals surface area contributed by atoms with Crippen molar-refractivity contribution in [2.24, 2.45) is 0 Å². The molecule has 0 unspecified atom stereocenters. The highest BCUT2D eigenvalue weighted by Gasteiger charge is 2.30. The summed E-state index contributed by atoms with van der Waals surface area (Å²) in [4.78, 5) is 40.1. The van der Waals surface area contributed by atoms with Crippen molar-refractivity contribution < 1.29 is 29.0 Å². The van der Waals surface area contributed by atoms with E-state index in [0.29, 0.717) is 16.6 Å². The SMILES string of the molecule is CC(C)(C)OC(=O)Nc1ccc2[nH]cc(C[C@H](NC(=O)OCC3c4ccccc4-c4ccccc43)C(=O)O)c2c1. The van der Waals surface area contributed by atoms with Gasteiger partial charge in [0.1, 0.15) is 18.2 Å². The molecule has 3 aromatic carbocycles. The van der Waals surface area contributed by atoms with Gasteiger partial charge in [0.25, 0.3) is 0 Å². The predicted octanol–water partition coefficient (Wildman–Crippen LogP) is 6.05. The monoisotopic (exact) mass is 541 g/mol. The van der Waals surface area contributed by atoms with Crippen molar-refractivity contribution >= 4 is 34.7 Å². The third-order valence-electron chi connectivity index (χ3n) is 6.77. The van der Waals surface area contributed by atoms with Crippen molar-refractivity contribution in [2.75, 3.05) is 11.9 Å². The fourth-order valence-corrected chi connectivity index (χ4v) is 5.05. The van der Waals surface area contributed by atoms with Gasteiger partial charge in [-0.3, -0.25) is 5.32 Å². The fourth-order valence-electron chi connectivity index (χ4n) is 5.05. The van der Waals surface area contributed by atoms with Crippen molar-refractivity contribution in [3.8, 4) is 11.1 Å². The minimum absolute atomic E-state index is 0.00934. The highest BCUT2D eigenvalue weighted by atomic mass is 16.6. The molecular formula is C31H31N3O6. The number of carbonyl (C=O) groups is 3. The van der Waals surface area contributed by atoms with Crippen molar-refractivity contribution in [3.63, 3.8) is 0 Å². The Morgan fingerprint density at radius 1 is 0.950 bits per heavy atom. The molecule has 0 spiro atoms. The van der Waals surface area contributed by atoms with Gasteiger partial charge in [-0.05, 0) is 66.8 Å². The van der Waals surface area contributed by atoms with E-state index in [1.54, 1.807) is 45.2 Å². The van der Waals surface area contributed by atoms with Gasteiger partial charge >= 0.3 is 18.2 Å². The number of amides is 2. The van der Waals surface area contributed by atoms with Crippen LogP contribution in [0, 0.1) is 0 Å². The molecule has 4 aromatic rings. The van der Waals surface area contributed by atoms with Crippen LogP contribution >= 0.6 is 0 Å². The largest absolute Gasteiger partial charge is 0.480 e. The topological polar surface area (TPSA) is 130 Å². The van der Waals surface area contributed by atoms with Gasteiger partial charge < -0.3 is 24.9 Å². The normalized spacial score (nSPS) is 13.3. The quantitative estimate of drug-likeness (QED) is 0.225. The smallest absolute Gasteiger partial charge is 0.412 e. The molecular weight excluding hydrogens is 510 g/mol. The molecule has 5 rings (SSSR count). The van der Waals surface area contributed by atoms with E-state index in [4.69, 9.17) is 9.47 Å². The van der Waals surface area contributed by atoms with Crippen LogP contribution in [-0.4, -0.2) is 46.5 Å². The van der Waals surface area contributed by atoms with Gasteiger partial charge in [-0.25, -0.2) is 14.4 Å². The summed E-state index contributed by atoms with van der Waals surface area (Å²) >= 11 is 0. The molecule has 0 saturated heterocycles. The molecule has 9 nitrogen and oxygen atoms in total. The maximum absolute atomic E-state index is 12.8. The fraction of sp³-hybridized carbons (Fsp3) is 0.258. The van der Waals surface area contributed by atoms with Gasteiger partial charge in [-0.15, -0.1) is 0 Å². The molecule has 2 amide bonds. The number of carbonyl (C=O) groups excluding carboxylic acids is 2. The molecule has 0 radical (unpaired) electrons. The second kappa shape index (κ2) is 10.8. The summed E-state index contributed by atoms with van der Waals surface area (Å²) in [6.45, 7) is 5.40. The summed E-state index contributed by atoms with van der Waals surface area (Å²) in [5, 5.41) is 15.8. The van der Waals surface area contributed by atoms with Gasteiger partial charge in [0.2, 0.25) is 0 Å². The maximum Gasteiger partial charge on any atom is 0.412 e. The highest BCUT2D eigenvalue weighted by Crippen LogP contribution is 2.44. The molecule has 0 aliphatic heterocycles. The van der Waals surface area contributed by atoms with E-state index in [2.05, 4.69) is 15.6 Å². The number of fused-ring (bicyclic) bond motifs is 4. The summed E-state index contributed by atoms with van der Waals surface area (Å²) in [6.07, 6.45) is 0.304. The molecule has 1 aromatic heterocycles. The summed E-state index contributed by atoms with van der Waals surface area (Å²) in [5.74, 6) is -1.32. The number of aliphatic carboxylic acids is 1. The van der Waals surface area contributed by atoms with E-state index in [1.807, 2.05) is 48.5 Å². The minimum atomic E-state index is -1.22. The number of H-pyrrole nitrogens is 1. The number of anilines is 1. The van der Waals surface area contributed by atoms with Gasteiger partial charge in [0.15, 0.2) is 0 Å². The summed E-state index contributed by atoms with van der Waals surface area (Å²) in [5.41, 5.74) is 5.63. The second-order valence-corrected chi connectivity index (χ2v) is 10.8. The van der Waals surface area contributed by atoms with Crippen LogP contribution in [0.15, 0.2) is 72.9 Å². The minimum Gasteiger partial charge on any atom is -0.480 e. The van der Waals surface area contributed by atoms with Crippen LogP contribution in [-0.2, 0) is 20.7 Å². The molecule has 0 bridgehead atoms. The van der Waals surface area contributed by atoms with Crippen LogP contribution in [0.25, 0.3) is 22.0 Å². The van der Waals surface area contributed by atoms with Crippen LogP contribution in [0.1, 0.15) is 43.4 Å². The van der Waals surface area contributed by atoms with Crippen LogP contribution < -0.4 is 10.6 Å². The van der Waals surface area contributed by atoms with E-state index < -0.39 is 29.8 Å². The lowest BCUT2D eigenvalue weighted by molar-refractivity contribution is -0.139. The number of hydrogen-bond acceptors (Lipinski definition) is 5. The third-order valence-corrected chi connectivity index (χ3v) is 6.77. The van der Waals surface area contributed by atoms with Gasteiger partial charge in [0.05, 0.1) is 0 Å². The molecule has 4 N–H and O–H groups in total. The lowest BCUT2D eigenvalue weighted by Crippen LogP contribution is -2.42. The first-order valence-corrected chi connectivity index (χ1v) is 13.0. The van der Waals surface area contributed by atoms with E-state index in [1.165, 1.54) is 0 Å². The number of ether oxygens (including phenoxy) is 2. The number of aromatic amines is 1. The molecule has 1 aliphatic carbocycles. The van der Waals surface area contributed by atoms with E-state index in [0.717, 1.165) is 27.8 Å². The Labute approximate surface area is 231 Å². The zero-order valence-electron chi connectivity index (χ0n) is 22.5. The maximum atomic E-state index is 12.8. The van der Waals surface area contributed by atoms with E-state index in [9.17, 15) is 19.5 Å². The zero-order valence-corrected chi connectivity index (χ0v) is 22.5. The number of benzene rings is 3. The Morgan fingerprint density at radius 2 is 1.60 bits per heavy atom. The Balaban J connectivity index is 1.26. The molecule has 0 fully saturated rings. The summed E-state index contributed by atoms with van der Waals surface area (Å²) in [7, 11) is 0.